The zero-order valence-corrected chi connectivity index (χ0v) is 13.5. The molecule has 0 spiro atoms. The summed E-state index contributed by atoms with van der Waals surface area (Å²) in [6.45, 7) is 1.55. The fourth-order valence-electron chi connectivity index (χ4n) is 2.00. The molecule has 2 N–H and O–H groups in total. The second-order valence-electron chi connectivity index (χ2n) is 4.65. The molecular formula is C15H18N2O2S2. The average Bonchev–Trinajstić information content (AvgIpc) is 2.90. The van der Waals surface area contributed by atoms with Crippen LogP contribution >= 0.6 is 23.6 Å². The van der Waals surface area contributed by atoms with Gasteiger partial charge in [0.15, 0.2) is 0 Å². The van der Waals surface area contributed by atoms with Gasteiger partial charge in [-0.05, 0) is 17.5 Å². The average molecular weight is 322 g/mol. The molecule has 0 atom stereocenters. The minimum Gasteiger partial charge on any atom is -0.393 e. The van der Waals surface area contributed by atoms with E-state index in [0.29, 0.717) is 31.1 Å². The number of nitrogens with zero attached hydrogens (tertiary/aromatic N) is 1. The highest BCUT2D eigenvalue weighted by molar-refractivity contribution is 7.80. The molecule has 2 aromatic rings. The summed E-state index contributed by atoms with van der Waals surface area (Å²) in [4.78, 5) is 15.5. The Balaban J connectivity index is 2.17. The van der Waals surface area contributed by atoms with Gasteiger partial charge in [-0.15, -0.1) is 11.3 Å². The van der Waals surface area contributed by atoms with E-state index in [0.717, 1.165) is 15.0 Å². The first-order valence-corrected chi connectivity index (χ1v) is 7.89. The molecule has 2 rings (SSSR count). The van der Waals surface area contributed by atoms with E-state index in [2.05, 4.69) is 0 Å². The fourth-order valence-corrected chi connectivity index (χ4v) is 3.13. The summed E-state index contributed by atoms with van der Waals surface area (Å²) in [5.41, 5.74) is 5.53. The molecule has 6 heteroatoms. The van der Waals surface area contributed by atoms with Crippen LogP contribution in [0.4, 0.5) is 0 Å². The van der Waals surface area contributed by atoms with Crippen molar-refractivity contribution in [3.63, 3.8) is 0 Å². The van der Waals surface area contributed by atoms with Gasteiger partial charge in [-0.3, -0.25) is 4.79 Å². The van der Waals surface area contributed by atoms with Crippen molar-refractivity contribution in [1.82, 2.24) is 4.90 Å². The quantitative estimate of drug-likeness (QED) is 0.796. The van der Waals surface area contributed by atoms with Crippen LogP contribution in [0.15, 0.2) is 30.3 Å². The number of thiocarbonyl (C=S) groups is 1. The molecule has 0 radical (unpaired) electrons. The second-order valence-corrected chi connectivity index (χ2v) is 6.26. The van der Waals surface area contributed by atoms with E-state index < -0.39 is 0 Å². The van der Waals surface area contributed by atoms with Gasteiger partial charge in [0.05, 0.1) is 16.5 Å². The van der Waals surface area contributed by atoms with Crippen molar-refractivity contribution in [3.8, 4) is 0 Å². The molecule has 0 aliphatic carbocycles. The van der Waals surface area contributed by atoms with Crippen molar-refractivity contribution in [2.75, 3.05) is 26.8 Å². The Kier molecular flexibility index (Phi) is 5.67. The predicted molar refractivity (Wildman–Crippen MR) is 91.0 cm³/mol. The van der Waals surface area contributed by atoms with Crippen molar-refractivity contribution in [2.45, 2.75) is 6.42 Å². The van der Waals surface area contributed by atoms with Crippen LogP contribution in [0.1, 0.15) is 16.1 Å². The maximum atomic E-state index is 12.6. The molecule has 21 heavy (non-hydrogen) atoms. The molecule has 0 saturated carbocycles. The number of methoxy groups -OCH3 is 1. The lowest BCUT2D eigenvalue weighted by Crippen LogP contribution is -2.35. The first kappa shape index (κ1) is 15.9. The zero-order chi connectivity index (χ0) is 15.2. The van der Waals surface area contributed by atoms with Gasteiger partial charge in [-0.1, -0.05) is 30.4 Å². The summed E-state index contributed by atoms with van der Waals surface area (Å²) < 4.78 is 6.18. The first-order valence-electron chi connectivity index (χ1n) is 6.67. The molecule has 0 aliphatic rings. The molecule has 0 unspecified atom stereocenters. The van der Waals surface area contributed by atoms with Gasteiger partial charge in [-0.2, -0.15) is 0 Å². The number of ether oxygens (including phenoxy) is 1. The number of carbonyl (C=O) groups is 1. The molecule has 0 fully saturated rings. The van der Waals surface area contributed by atoms with Crippen molar-refractivity contribution in [2.24, 2.45) is 5.73 Å². The number of hydrogen-bond donors (Lipinski definition) is 1. The Morgan fingerprint density at radius 1 is 1.38 bits per heavy atom. The van der Waals surface area contributed by atoms with Crippen LogP contribution in [0.2, 0.25) is 0 Å². The van der Waals surface area contributed by atoms with E-state index in [9.17, 15) is 4.79 Å². The fraction of sp³-hybridized carbons (Fsp3) is 0.333. The third-order valence-electron chi connectivity index (χ3n) is 3.12. The SMILES string of the molecule is COCCN(CCC(N)=S)C(=O)c1cc2ccccc2s1. The van der Waals surface area contributed by atoms with E-state index in [1.165, 1.54) is 11.3 Å². The van der Waals surface area contributed by atoms with Crippen molar-refractivity contribution in [3.05, 3.63) is 35.2 Å². The van der Waals surface area contributed by atoms with Crippen LogP contribution < -0.4 is 5.73 Å². The molecule has 0 bridgehead atoms. The van der Waals surface area contributed by atoms with Crippen molar-refractivity contribution >= 4 is 44.5 Å². The zero-order valence-electron chi connectivity index (χ0n) is 11.9. The maximum absolute atomic E-state index is 12.6. The number of thiophene rings is 1. The van der Waals surface area contributed by atoms with Gasteiger partial charge in [0.2, 0.25) is 0 Å². The standard InChI is InChI=1S/C15H18N2O2S2/c1-19-9-8-17(7-6-14(16)20)15(18)13-10-11-4-2-3-5-12(11)21-13/h2-5,10H,6-9H2,1H3,(H2,16,20). The van der Waals surface area contributed by atoms with Gasteiger partial charge in [0, 0.05) is 31.3 Å². The Bertz CT molecular complexity index is 606. The van der Waals surface area contributed by atoms with E-state index in [1.54, 1.807) is 12.0 Å². The highest BCUT2D eigenvalue weighted by atomic mass is 32.1. The van der Waals surface area contributed by atoms with Gasteiger partial charge >= 0.3 is 0 Å². The summed E-state index contributed by atoms with van der Waals surface area (Å²) >= 11 is 6.40. The molecule has 1 heterocycles. The number of carbonyl (C=O) groups excluding carboxylic acids is 1. The van der Waals surface area contributed by atoms with Gasteiger partial charge in [0.25, 0.3) is 5.91 Å². The third-order valence-corrected chi connectivity index (χ3v) is 4.43. The normalized spacial score (nSPS) is 10.7. The summed E-state index contributed by atoms with van der Waals surface area (Å²) in [6.07, 6.45) is 0.523. The minimum absolute atomic E-state index is 0.00417. The molecule has 1 aromatic carbocycles. The van der Waals surface area contributed by atoms with Crippen LogP contribution in [0.3, 0.4) is 0 Å². The van der Waals surface area contributed by atoms with Crippen LogP contribution in [0.25, 0.3) is 10.1 Å². The van der Waals surface area contributed by atoms with Crippen LogP contribution in [-0.4, -0.2) is 42.6 Å². The highest BCUT2D eigenvalue weighted by Crippen LogP contribution is 2.26. The largest absolute Gasteiger partial charge is 0.393 e. The van der Waals surface area contributed by atoms with Gasteiger partial charge in [0.1, 0.15) is 0 Å². The number of benzene rings is 1. The summed E-state index contributed by atoms with van der Waals surface area (Å²) in [7, 11) is 1.62. The smallest absolute Gasteiger partial charge is 0.264 e. The van der Waals surface area contributed by atoms with E-state index in [-0.39, 0.29) is 5.91 Å². The number of amides is 1. The molecule has 4 nitrogen and oxygen atoms in total. The molecule has 1 amide bonds. The monoisotopic (exact) mass is 322 g/mol. The lowest BCUT2D eigenvalue weighted by molar-refractivity contribution is 0.0706. The summed E-state index contributed by atoms with van der Waals surface area (Å²) in [5, 5.41) is 1.09. The summed E-state index contributed by atoms with van der Waals surface area (Å²) in [6, 6.07) is 9.91. The van der Waals surface area contributed by atoms with E-state index in [1.807, 2.05) is 30.3 Å². The van der Waals surface area contributed by atoms with E-state index in [4.69, 9.17) is 22.7 Å². The van der Waals surface area contributed by atoms with Crippen molar-refractivity contribution in [1.29, 1.82) is 0 Å². The predicted octanol–water partition coefficient (Wildman–Crippen LogP) is 2.67. The third kappa shape index (κ3) is 4.23. The number of fused-ring (bicyclic) bond motifs is 1. The van der Waals surface area contributed by atoms with E-state index >= 15 is 0 Å². The molecule has 0 aliphatic heterocycles. The molecule has 0 saturated heterocycles. The summed E-state index contributed by atoms with van der Waals surface area (Å²) in [5.74, 6) is 0.00417. The van der Waals surface area contributed by atoms with Crippen molar-refractivity contribution < 1.29 is 9.53 Å². The number of rotatable bonds is 7. The first-order chi connectivity index (χ1) is 10.1. The number of nitrogens with two attached hydrogens (primary N) is 1. The topological polar surface area (TPSA) is 55.6 Å². The lowest BCUT2D eigenvalue weighted by atomic mass is 10.2. The van der Waals surface area contributed by atoms with Crippen LogP contribution in [0, 0.1) is 0 Å². The Hall–Kier alpha value is -1.50. The van der Waals surface area contributed by atoms with Gasteiger partial charge < -0.3 is 15.4 Å². The minimum atomic E-state index is 0.00417. The molecular weight excluding hydrogens is 304 g/mol. The van der Waals surface area contributed by atoms with Gasteiger partial charge in [-0.25, -0.2) is 0 Å². The molecule has 112 valence electrons. The Morgan fingerprint density at radius 3 is 2.81 bits per heavy atom. The lowest BCUT2D eigenvalue weighted by Gasteiger charge is -2.21. The highest BCUT2D eigenvalue weighted by Gasteiger charge is 2.18. The second kappa shape index (κ2) is 7.49. The molecule has 1 aromatic heterocycles. The maximum Gasteiger partial charge on any atom is 0.264 e. The van der Waals surface area contributed by atoms with Crippen LogP contribution in [-0.2, 0) is 4.74 Å². The number of hydrogen-bond acceptors (Lipinski definition) is 4. The Morgan fingerprint density at radius 2 is 2.14 bits per heavy atom. The van der Waals surface area contributed by atoms with Crippen LogP contribution in [0.5, 0.6) is 0 Å². The Labute approximate surface area is 133 Å².